The van der Waals surface area contributed by atoms with E-state index in [1.165, 1.54) is 19.2 Å². The first-order valence-corrected chi connectivity index (χ1v) is 10.1. The zero-order chi connectivity index (χ0) is 25.0. The van der Waals surface area contributed by atoms with Gasteiger partial charge in [0.25, 0.3) is 0 Å². The van der Waals surface area contributed by atoms with Crippen molar-refractivity contribution in [2.45, 2.75) is 24.3 Å². The van der Waals surface area contributed by atoms with E-state index in [-0.39, 0.29) is 17.5 Å². The van der Waals surface area contributed by atoms with Crippen molar-refractivity contribution in [2.24, 2.45) is 0 Å². The summed E-state index contributed by atoms with van der Waals surface area (Å²) in [6.07, 6.45) is -9.50. The number of halogens is 6. The fraction of sp³-hybridized carbons (Fsp3) is 0.240. The van der Waals surface area contributed by atoms with E-state index in [4.69, 9.17) is 4.74 Å². The van der Waals surface area contributed by atoms with Gasteiger partial charge in [0, 0.05) is 13.5 Å². The summed E-state index contributed by atoms with van der Waals surface area (Å²) in [5, 5.41) is 2.67. The van der Waals surface area contributed by atoms with Crippen LogP contribution in [0.4, 0.5) is 26.3 Å². The summed E-state index contributed by atoms with van der Waals surface area (Å²) in [5.41, 5.74) is -3.18. The molecule has 0 aliphatic heterocycles. The van der Waals surface area contributed by atoms with Crippen LogP contribution in [0.1, 0.15) is 27.8 Å². The first-order chi connectivity index (χ1) is 16.0. The van der Waals surface area contributed by atoms with Crippen LogP contribution in [0, 0.1) is 0 Å². The largest absolute Gasteiger partial charge is 0.416 e. The fourth-order valence-corrected chi connectivity index (χ4v) is 3.79. The number of carbonyl (C=O) groups is 1. The second-order valence-corrected chi connectivity index (χ2v) is 7.71. The van der Waals surface area contributed by atoms with Crippen LogP contribution in [0.3, 0.4) is 0 Å². The van der Waals surface area contributed by atoms with E-state index < -0.39 is 41.5 Å². The molecule has 0 atom stereocenters. The molecule has 3 nitrogen and oxygen atoms in total. The van der Waals surface area contributed by atoms with E-state index in [0.29, 0.717) is 5.56 Å². The lowest BCUT2D eigenvalue weighted by Gasteiger charge is -2.37. The van der Waals surface area contributed by atoms with Crippen molar-refractivity contribution in [1.29, 1.82) is 0 Å². The summed E-state index contributed by atoms with van der Waals surface area (Å²) < 4.78 is 86.1. The lowest BCUT2D eigenvalue weighted by molar-refractivity contribution is -0.138. The third-order valence-corrected chi connectivity index (χ3v) is 5.31. The molecule has 3 aromatic carbocycles. The summed E-state index contributed by atoms with van der Waals surface area (Å²) >= 11 is 0. The fourth-order valence-electron chi connectivity index (χ4n) is 3.79. The molecule has 3 rings (SSSR count). The van der Waals surface area contributed by atoms with E-state index in [2.05, 4.69) is 5.32 Å². The average Bonchev–Trinajstić information content (AvgIpc) is 2.78. The van der Waals surface area contributed by atoms with Crippen molar-refractivity contribution in [3.05, 3.63) is 107 Å². The number of rotatable bonds is 7. The Morgan fingerprint density at radius 1 is 0.735 bits per heavy atom. The SMILES string of the molecule is COCC(=O)NC(Cc1ccccc1)(c1cccc(C(F)(F)F)c1)c1cccc(C(F)(F)F)c1. The molecule has 0 aromatic heterocycles. The molecular formula is C25H21F6NO2. The Bertz CT molecular complexity index is 1070. The molecule has 180 valence electrons. The molecule has 34 heavy (non-hydrogen) atoms. The smallest absolute Gasteiger partial charge is 0.375 e. The minimum atomic E-state index is -4.70. The quantitative estimate of drug-likeness (QED) is 0.422. The van der Waals surface area contributed by atoms with Gasteiger partial charge in [-0.15, -0.1) is 0 Å². The maximum atomic E-state index is 13.5. The van der Waals surface area contributed by atoms with Crippen molar-refractivity contribution in [3.8, 4) is 0 Å². The highest BCUT2D eigenvalue weighted by atomic mass is 19.4. The molecule has 1 N–H and O–H groups in total. The van der Waals surface area contributed by atoms with E-state index in [0.717, 1.165) is 36.4 Å². The van der Waals surface area contributed by atoms with Crippen molar-refractivity contribution in [3.63, 3.8) is 0 Å². The Kier molecular flexibility index (Phi) is 7.35. The monoisotopic (exact) mass is 481 g/mol. The number of carbonyl (C=O) groups excluding carboxylic acids is 1. The van der Waals surface area contributed by atoms with Gasteiger partial charge >= 0.3 is 12.4 Å². The summed E-state index contributed by atoms with van der Waals surface area (Å²) in [5.74, 6) is -0.701. The number of methoxy groups -OCH3 is 1. The number of nitrogens with one attached hydrogen (secondary N) is 1. The van der Waals surface area contributed by atoms with Crippen LogP contribution in [0.25, 0.3) is 0 Å². The van der Waals surface area contributed by atoms with Gasteiger partial charge in [0.05, 0.1) is 16.7 Å². The van der Waals surface area contributed by atoms with Gasteiger partial charge in [0.15, 0.2) is 0 Å². The van der Waals surface area contributed by atoms with Crippen LogP contribution in [-0.4, -0.2) is 19.6 Å². The van der Waals surface area contributed by atoms with Crippen LogP contribution < -0.4 is 5.32 Å². The third kappa shape index (κ3) is 5.77. The highest BCUT2D eigenvalue weighted by molar-refractivity contribution is 5.79. The van der Waals surface area contributed by atoms with Crippen molar-refractivity contribution < 1.29 is 35.9 Å². The summed E-state index contributed by atoms with van der Waals surface area (Å²) in [6.45, 7) is -0.436. The predicted molar refractivity (Wildman–Crippen MR) is 114 cm³/mol. The summed E-state index contributed by atoms with van der Waals surface area (Å²) in [7, 11) is 1.26. The van der Waals surface area contributed by atoms with Crippen LogP contribution in [0.5, 0.6) is 0 Å². The topological polar surface area (TPSA) is 38.3 Å². The normalized spacial score (nSPS) is 12.4. The molecule has 0 saturated heterocycles. The van der Waals surface area contributed by atoms with Crippen molar-refractivity contribution >= 4 is 5.91 Å². The number of hydrogen-bond acceptors (Lipinski definition) is 2. The van der Waals surface area contributed by atoms with Gasteiger partial charge < -0.3 is 10.1 Å². The van der Waals surface area contributed by atoms with Gasteiger partial charge in [-0.3, -0.25) is 4.79 Å². The van der Waals surface area contributed by atoms with Gasteiger partial charge in [-0.25, -0.2) is 0 Å². The standard InChI is InChI=1S/C25H21F6NO2/c1-34-16-22(33)32-23(15-17-7-3-2-4-8-17,18-9-5-11-20(13-18)24(26,27)28)19-10-6-12-21(14-19)25(29,30)31/h2-14H,15-16H2,1H3,(H,32,33). The van der Waals surface area contributed by atoms with Crippen LogP contribution in [0.15, 0.2) is 78.9 Å². The molecule has 0 spiro atoms. The Morgan fingerprint density at radius 3 is 1.65 bits per heavy atom. The number of amides is 1. The maximum Gasteiger partial charge on any atom is 0.416 e. The Morgan fingerprint density at radius 2 is 1.21 bits per heavy atom. The molecule has 9 heteroatoms. The van der Waals surface area contributed by atoms with Crippen LogP contribution >= 0.6 is 0 Å². The van der Waals surface area contributed by atoms with Gasteiger partial charge in [-0.1, -0.05) is 54.6 Å². The Balaban J connectivity index is 2.32. The molecule has 3 aromatic rings. The molecule has 0 aliphatic carbocycles. The predicted octanol–water partition coefficient (Wildman–Crippen LogP) is 5.97. The molecule has 0 fully saturated rings. The lowest BCUT2D eigenvalue weighted by Crippen LogP contribution is -2.50. The van der Waals surface area contributed by atoms with Gasteiger partial charge in [-0.05, 0) is 41.0 Å². The molecule has 0 aliphatic rings. The number of ether oxygens (including phenoxy) is 1. The molecule has 0 heterocycles. The van der Waals surface area contributed by atoms with Crippen LogP contribution in [-0.2, 0) is 33.8 Å². The van der Waals surface area contributed by atoms with Crippen molar-refractivity contribution in [1.82, 2.24) is 5.32 Å². The van der Waals surface area contributed by atoms with Gasteiger partial charge in [0.2, 0.25) is 5.91 Å². The third-order valence-electron chi connectivity index (χ3n) is 5.31. The number of hydrogen-bond donors (Lipinski definition) is 1. The summed E-state index contributed by atoms with van der Waals surface area (Å²) in [4.78, 5) is 12.7. The summed E-state index contributed by atoms with van der Waals surface area (Å²) in [6, 6.07) is 16.9. The second-order valence-electron chi connectivity index (χ2n) is 7.71. The lowest BCUT2D eigenvalue weighted by atomic mass is 9.77. The Hall–Kier alpha value is -3.33. The maximum absolute atomic E-state index is 13.5. The average molecular weight is 481 g/mol. The molecule has 1 amide bonds. The Labute approximate surface area is 192 Å². The van der Waals surface area contributed by atoms with E-state index >= 15 is 0 Å². The van der Waals surface area contributed by atoms with Crippen LogP contribution in [0.2, 0.25) is 0 Å². The zero-order valence-corrected chi connectivity index (χ0v) is 18.0. The molecule has 0 saturated carbocycles. The highest BCUT2D eigenvalue weighted by Gasteiger charge is 2.40. The van der Waals surface area contributed by atoms with Crippen molar-refractivity contribution in [2.75, 3.05) is 13.7 Å². The minimum Gasteiger partial charge on any atom is -0.375 e. The molecule has 0 radical (unpaired) electrons. The highest BCUT2D eigenvalue weighted by Crippen LogP contribution is 2.39. The van der Waals surface area contributed by atoms with E-state index in [1.807, 2.05) is 0 Å². The first-order valence-electron chi connectivity index (χ1n) is 10.1. The minimum absolute atomic E-state index is 0.0186. The molecule has 0 bridgehead atoms. The number of benzene rings is 3. The molecule has 0 unspecified atom stereocenters. The second kappa shape index (κ2) is 9.89. The number of alkyl halides is 6. The van der Waals surface area contributed by atoms with Gasteiger partial charge in [0.1, 0.15) is 6.61 Å². The zero-order valence-electron chi connectivity index (χ0n) is 18.0. The van der Waals surface area contributed by atoms with Gasteiger partial charge in [-0.2, -0.15) is 26.3 Å². The molecular weight excluding hydrogens is 460 g/mol. The van der Waals surface area contributed by atoms with E-state index in [9.17, 15) is 31.1 Å². The first kappa shape index (κ1) is 25.3. The van der Waals surface area contributed by atoms with E-state index in [1.54, 1.807) is 30.3 Å².